The topological polar surface area (TPSA) is 34.9 Å². The van der Waals surface area contributed by atoms with Crippen LogP contribution in [0, 0.1) is 13.8 Å². The summed E-state index contributed by atoms with van der Waals surface area (Å²) in [5, 5.41) is 6.31. The Morgan fingerprint density at radius 1 is 1.21 bits per heavy atom. The van der Waals surface area contributed by atoms with E-state index in [4.69, 9.17) is 23.2 Å². The smallest absolute Gasteiger partial charge is 0.128 e. The van der Waals surface area contributed by atoms with Crippen molar-refractivity contribution >= 4 is 34.0 Å². The SMILES string of the molecule is Cc1cc(-c2nn(C)c(S(C)=O)c2C)c(Cl)cc1Cl. The summed E-state index contributed by atoms with van der Waals surface area (Å²) < 4.78 is 13.4. The fraction of sp³-hybridized carbons (Fsp3) is 0.308. The minimum atomic E-state index is -1.09. The highest BCUT2D eigenvalue weighted by Gasteiger charge is 2.19. The Morgan fingerprint density at radius 3 is 2.37 bits per heavy atom. The Hall–Kier alpha value is -0.840. The van der Waals surface area contributed by atoms with Gasteiger partial charge in [0.1, 0.15) is 5.03 Å². The van der Waals surface area contributed by atoms with Crippen LogP contribution >= 0.6 is 23.2 Å². The minimum Gasteiger partial charge on any atom is -0.259 e. The number of rotatable bonds is 2. The second-order valence-electron chi connectivity index (χ2n) is 4.44. The van der Waals surface area contributed by atoms with E-state index in [-0.39, 0.29) is 0 Å². The third kappa shape index (κ3) is 2.57. The van der Waals surface area contributed by atoms with Crippen LogP contribution in [0.4, 0.5) is 0 Å². The predicted molar refractivity (Wildman–Crippen MR) is 80.5 cm³/mol. The molecule has 0 saturated heterocycles. The van der Waals surface area contributed by atoms with Crippen molar-refractivity contribution in [2.45, 2.75) is 18.9 Å². The first-order valence-electron chi connectivity index (χ1n) is 5.66. The van der Waals surface area contributed by atoms with E-state index >= 15 is 0 Å². The lowest BCUT2D eigenvalue weighted by Crippen LogP contribution is -2.00. The Labute approximate surface area is 125 Å². The number of hydrogen-bond donors (Lipinski definition) is 0. The molecule has 0 spiro atoms. The van der Waals surface area contributed by atoms with Crippen molar-refractivity contribution in [3.8, 4) is 11.3 Å². The maximum Gasteiger partial charge on any atom is 0.128 e. The fourth-order valence-corrected chi connectivity index (χ4v) is 3.52. The molecule has 2 rings (SSSR count). The Bertz CT molecular complexity index is 680. The van der Waals surface area contributed by atoms with Gasteiger partial charge in [-0.1, -0.05) is 23.2 Å². The van der Waals surface area contributed by atoms with Crippen LogP contribution in [0.25, 0.3) is 11.3 Å². The van der Waals surface area contributed by atoms with E-state index < -0.39 is 10.8 Å². The molecule has 0 bridgehead atoms. The number of benzene rings is 1. The highest BCUT2D eigenvalue weighted by molar-refractivity contribution is 7.84. The summed E-state index contributed by atoms with van der Waals surface area (Å²) in [5.74, 6) is 0. The van der Waals surface area contributed by atoms with E-state index in [0.717, 1.165) is 22.4 Å². The standard InChI is InChI=1S/C13H14Cl2N2OS/c1-7-5-9(11(15)6-10(7)14)12-8(2)13(19(4)18)17(3)16-12/h5-6H,1-4H3. The third-order valence-electron chi connectivity index (χ3n) is 3.00. The van der Waals surface area contributed by atoms with Crippen molar-refractivity contribution in [1.29, 1.82) is 0 Å². The molecule has 0 aliphatic heterocycles. The summed E-state index contributed by atoms with van der Waals surface area (Å²) in [6, 6.07) is 3.62. The van der Waals surface area contributed by atoms with Crippen LogP contribution < -0.4 is 0 Å². The van der Waals surface area contributed by atoms with Crippen molar-refractivity contribution in [3.05, 3.63) is 33.3 Å². The number of halogens is 2. The Balaban J connectivity index is 2.70. The Kier molecular flexibility index (Phi) is 4.04. The van der Waals surface area contributed by atoms with E-state index in [9.17, 15) is 4.21 Å². The highest BCUT2D eigenvalue weighted by atomic mass is 35.5. The van der Waals surface area contributed by atoms with Gasteiger partial charge in [-0.05, 0) is 31.5 Å². The zero-order valence-corrected chi connectivity index (χ0v) is 13.4. The molecule has 102 valence electrons. The second kappa shape index (κ2) is 5.27. The zero-order valence-electron chi connectivity index (χ0n) is 11.1. The van der Waals surface area contributed by atoms with Gasteiger partial charge in [0.05, 0.1) is 21.5 Å². The summed E-state index contributed by atoms with van der Waals surface area (Å²) in [4.78, 5) is 0. The lowest BCUT2D eigenvalue weighted by atomic mass is 10.1. The van der Waals surface area contributed by atoms with E-state index in [1.54, 1.807) is 24.1 Å². The number of nitrogens with zero attached hydrogens (tertiary/aromatic N) is 2. The number of hydrogen-bond acceptors (Lipinski definition) is 2. The zero-order chi connectivity index (χ0) is 14.3. The molecule has 19 heavy (non-hydrogen) atoms. The fourth-order valence-electron chi connectivity index (χ4n) is 2.11. The minimum absolute atomic E-state index is 0.547. The van der Waals surface area contributed by atoms with Gasteiger partial charge in [0.2, 0.25) is 0 Å². The molecule has 0 fully saturated rings. The van der Waals surface area contributed by atoms with Crippen molar-refractivity contribution in [2.75, 3.05) is 6.26 Å². The van der Waals surface area contributed by atoms with Gasteiger partial charge in [-0.2, -0.15) is 5.10 Å². The summed E-state index contributed by atoms with van der Waals surface area (Å²) in [5.41, 5.74) is 3.38. The molecule has 3 nitrogen and oxygen atoms in total. The van der Waals surface area contributed by atoms with Gasteiger partial charge in [-0.25, -0.2) is 0 Å². The van der Waals surface area contributed by atoms with Gasteiger partial charge in [0, 0.05) is 29.5 Å². The van der Waals surface area contributed by atoms with Gasteiger partial charge < -0.3 is 0 Å². The molecule has 0 saturated carbocycles. The van der Waals surface area contributed by atoms with Crippen molar-refractivity contribution < 1.29 is 4.21 Å². The average Bonchev–Trinajstić information content (AvgIpc) is 2.59. The summed E-state index contributed by atoms with van der Waals surface area (Å²) >= 11 is 12.3. The molecular formula is C13H14Cl2N2OS. The molecule has 0 aliphatic rings. The molecule has 0 N–H and O–H groups in total. The lowest BCUT2D eigenvalue weighted by Gasteiger charge is -2.06. The molecule has 0 radical (unpaired) electrons. The largest absolute Gasteiger partial charge is 0.259 e. The normalized spacial score (nSPS) is 12.7. The van der Waals surface area contributed by atoms with E-state index in [1.165, 1.54) is 0 Å². The molecule has 0 amide bonds. The summed E-state index contributed by atoms with van der Waals surface area (Å²) in [7, 11) is 0.692. The summed E-state index contributed by atoms with van der Waals surface area (Å²) in [6.45, 7) is 3.82. The quantitative estimate of drug-likeness (QED) is 0.845. The molecular weight excluding hydrogens is 303 g/mol. The van der Waals surface area contributed by atoms with Crippen LogP contribution in [0.2, 0.25) is 10.0 Å². The van der Waals surface area contributed by atoms with Gasteiger partial charge in [-0.15, -0.1) is 0 Å². The third-order valence-corrected chi connectivity index (χ3v) is 4.83. The van der Waals surface area contributed by atoms with Crippen molar-refractivity contribution in [3.63, 3.8) is 0 Å². The van der Waals surface area contributed by atoms with Crippen LogP contribution in [0.5, 0.6) is 0 Å². The first kappa shape index (κ1) is 14.6. The maximum atomic E-state index is 11.7. The van der Waals surface area contributed by atoms with Gasteiger partial charge in [0.15, 0.2) is 0 Å². The molecule has 2 aromatic rings. The lowest BCUT2D eigenvalue weighted by molar-refractivity contribution is 0.654. The van der Waals surface area contributed by atoms with Crippen LogP contribution in [-0.4, -0.2) is 20.2 Å². The molecule has 1 unspecified atom stereocenters. The van der Waals surface area contributed by atoms with E-state index in [0.29, 0.717) is 15.1 Å². The van der Waals surface area contributed by atoms with Crippen LogP contribution in [0.1, 0.15) is 11.1 Å². The van der Waals surface area contributed by atoms with E-state index in [2.05, 4.69) is 5.10 Å². The molecule has 6 heteroatoms. The molecule has 1 heterocycles. The number of aromatic nitrogens is 2. The van der Waals surface area contributed by atoms with Gasteiger partial charge >= 0.3 is 0 Å². The number of aryl methyl sites for hydroxylation is 2. The van der Waals surface area contributed by atoms with Crippen molar-refractivity contribution in [2.24, 2.45) is 7.05 Å². The maximum absolute atomic E-state index is 11.7. The average molecular weight is 317 g/mol. The first-order valence-corrected chi connectivity index (χ1v) is 7.97. The molecule has 1 aromatic heterocycles. The molecule has 1 atom stereocenters. The van der Waals surface area contributed by atoms with Crippen molar-refractivity contribution in [1.82, 2.24) is 9.78 Å². The van der Waals surface area contributed by atoms with Crippen LogP contribution in [0.3, 0.4) is 0 Å². The summed E-state index contributed by atoms with van der Waals surface area (Å²) in [6.07, 6.45) is 1.64. The highest BCUT2D eigenvalue weighted by Crippen LogP contribution is 2.34. The Morgan fingerprint density at radius 2 is 1.84 bits per heavy atom. The van der Waals surface area contributed by atoms with Crippen LogP contribution in [-0.2, 0) is 17.8 Å². The van der Waals surface area contributed by atoms with Gasteiger partial charge in [-0.3, -0.25) is 8.89 Å². The first-order chi connectivity index (χ1) is 8.82. The van der Waals surface area contributed by atoms with Gasteiger partial charge in [0.25, 0.3) is 0 Å². The van der Waals surface area contributed by atoms with E-state index in [1.807, 2.05) is 19.9 Å². The monoisotopic (exact) mass is 316 g/mol. The molecule has 1 aromatic carbocycles. The second-order valence-corrected chi connectivity index (χ2v) is 6.55. The molecule has 0 aliphatic carbocycles. The predicted octanol–water partition coefficient (Wildman–Crippen LogP) is 3.75. The van der Waals surface area contributed by atoms with Crippen LogP contribution in [0.15, 0.2) is 17.2 Å².